The van der Waals surface area contributed by atoms with Crippen LogP contribution in [0.3, 0.4) is 0 Å². The van der Waals surface area contributed by atoms with Crippen LogP contribution in [0, 0.1) is 6.92 Å². The number of aryl methyl sites for hydroxylation is 1. The summed E-state index contributed by atoms with van der Waals surface area (Å²) in [6, 6.07) is 17.3. The largest absolute Gasteiger partial charge is 0.467 e. The lowest BCUT2D eigenvalue weighted by atomic mass is 9.99. The van der Waals surface area contributed by atoms with E-state index in [4.69, 9.17) is 16.3 Å². The van der Waals surface area contributed by atoms with Gasteiger partial charge < -0.3 is 10.1 Å². The van der Waals surface area contributed by atoms with Crippen molar-refractivity contribution in [2.24, 2.45) is 0 Å². The Morgan fingerprint density at radius 3 is 2.47 bits per heavy atom. The molecule has 8 nitrogen and oxygen atoms in total. The van der Waals surface area contributed by atoms with Crippen molar-refractivity contribution in [1.29, 1.82) is 0 Å². The highest BCUT2D eigenvalue weighted by Crippen LogP contribution is 2.30. The number of benzene rings is 2. The van der Waals surface area contributed by atoms with Crippen molar-refractivity contribution in [1.82, 2.24) is 24.5 Å². The number of pyridine rings is 1. The lowest BCUT2D eigenvalue weighted by molar-refractivity contribution is 0.380. The van der Waals surface area contributed by atoms with E-state index in [0.29, 0.717) is 11.2 Å². The van der Waals surface area contributed by atoms with Gasteiger partial charge >= 0.3 is 6.01 Å². The number of hydrogen-bond acceptors (Lipinski definition) is 7. The van der Waals surface area contributed by atoms with Gasteiger partial charge in [-0.1, -0.05) is 36.4 Å². The van der Waals surface area contributed by atoms with Crippen LogP contribution < -0.4 is 15.6 Å². The summed E-state index contributed by atoms with van der Waals surface area (Å²) in [6.45, 7) is 3.88. The molecular weight excluding hydrogens is 476 g/mol. The summed E-state index contributed by atoms with van der Waals surface area (Å²) in [5.74, 6) is 0.610. The second-order valence-corrected chi connectivity index (χ2v) is 8.65. The van der Waals surface area contributed by atoms with Crippen LogP contribution in [0.15, 0.2) is 78.0 Å². The Bertz CT molecular complexity index is 1600. The van der Waals surface area contributed by atoms with E-state index in [2.05, 4.69) is 25.3 Å². The Kier molecular flexibility index (Phi) is 6.35. The van der Waals surface area contributed by atoms with Gasteiger partial charge in [-0.05, 0) is 54.6 Å². The molecule has 0 radical (unpaired) electrons. The Labute approximate surface area is 212 Å². The molecule has 3 aromatic heterocycles. The van der Waals surface area contributed by atoms with Crippen LogP contribution in [0.1, 0.15) is 24.2 Å². The summed E-state index contributed by atoms with van der Waals surface area (Å²) in [4.78, 5) is 31.0. The molecule has 9 heteroatoms. The summed E-state index contributed by atoms with van der Waals surface area (Å²) in [6.07, 6.45) is 4.98. The van der Waals surface area contributed by atoms with E-state index in [9.17, 15) is 4.79 Å². The summed E-state index contributed by atoms with van der Waals surface area (Å²) in [7, 11) is 1.51. The van der Waals surface area contributed by atoms with Crippen molar-refractivity contribution in [3.63, 3.8) is 0 Å². The Morgan fingerprint density at radius 1 is 1.00 bits per heavy atom. The minimum absolute atomic E-state index is 0.147. The molecule has 0 aliphatic heterocycles. The van der Waals surface area contributed by atoms with E-state index in [1.54, 1.807) is 23.2 Å². The zero-order chi connectivity index (χ0) is 25.2. The first kappa shape index (κ1) is 23.4. The first-order chi connectivity index (χ1) is 17.5. The highest BCUT2D eigenvalue weighted by Gasteiger charge is 2.20. The molecule has 0 fully saturated rings. The van der Waals surface area contributed by atoms with Crippen molar-refractivity contribution in [3.05, 3.63) is 100 Å². The minimum atomic E-state index is -0.278. The summed E-state index contributed by atoms with van der Waals surface area (Å²) in [5.41, 5.74) is 3.70. The fraction of sp³-hybridized carbons (Fsp3) is 0.148. The highest BCUT2D eigenvalue weighted by molar-refractivity contribution is 6.28. The maximum atomic E-state index is 14.2. The fourth-order valence-electron chi connectivity index (χ4n) is 4.19. The number of rotatable bonds is 6. The highest BCUT2D eigenvalue weighted by atomic mass is 35.5. The third kappa shape index (κ3) is 4.38. The maximum absolute atomic E-state index is 14.2. The van der Waals surface area contributed by atoms with Crippen LogP contribution in [0.25, 0.3) is 27.6 Å². The standard InChI is InChI=1S/C27H23ClN6O2/c1-16-13-29-26(28)33-24(16)32-17(2)22-12-18-8-7-11-21(19-14-30-27(36-3)31-15-19)23(18)25(35)34(22)20-9-5-4-6-10-20/h4-15,17H,1-3H3,(H,29,32,33). The molecule has 1 atom stereocenters. The number of anilines is 1. The van der Waals surface area contributed by atoms with E-state index in [1.165, 1.54) is 7.11 Å². The molecule has 5 rings (SSSR count). The smallest absolute Gasteiger partial charge is 0.316 e. The summed E-state index contributed by atoms with van der Waals surface area (Å²) >= 11 is 6.04. The lowest BCUT2D eigenvalue weighted by Crippen LogP contribution is -2.26. The summed E-state index contributed by atoms with van der Waals surface area (Å²) < 4.78 is 6.82. The van der Waals surface area contributed by atoms with Gasteiger partial charge in [0.25, 0.3) is 5.56 Å². The van der Waals surface area contributed by atoms with Crippen LogP contribution in [0.5, 0.6) is 6.01 Å². The fourth-order valence-corrected chi connectivity index (χ4v) is 4.32. The van der Waals surface area contributed by atoms with Gasteiger partial charge in [-0.25, -0.2) is 19.9 Å². The Hall–Kier alpha value is -4.30. The van der Waals surface area contributed by atoms with Crippen LogP contribution in [-0.2, 0) is 0 Å². The molecule has 0 spiro atoms. The predicted molar refractivity (Wildman–Crippen MR) is 141 cm³/mol. The number of fused-ring (bicyclic) bond motifs is 1. The van der Waals surface area contributed by atoms with E-state index in [0.717, 1.165) is 33.5 Å². The van der Waals surface area contributed by atoms with E-state index < -0.39 is 0 Å². The Morgan fingerprint density at radius 2 is 1.75 bits per heavy atom. The third-order valence-corrected chi connectivity index (χ3v) is 6.13. The molecule has 1 unspecified atom stereocenters. The van der Waals surface area contributed by atoms with Gasteiger partial charge in [0.2, 0.25) is 5.28 Å². The van der Waals surface area contributed by atoms with Crippen LogP contribution in [0.4, 0.5) is 5.82 Å². The van der Waals surface area contributed by atoms with Gasteiger partial charge in [0.15, 0.2) is 0 Å². The molecule has 0 saturated heterocycles. The number of methoxy groups -OCH3 is 1. The van der Waals surface area contributed by atoms with Gasteiger partial charge in [0.05, 0.1) is 18.5 Å². The second-order valence-electron chi connectivity index (χ2n) is 8.31. The predicted octanol–water partition coefficient (Wildman–Crippen LogP) is 5.38. The van der Waals surface area contributed by atoms with Gasteiger partial charge in [-0.2, -0.15) is 0 Å². The zero-order valence-electron chi connectivity index (χ0n) is 19.9. The van der Waals surface area contributed by atoms with E-state index >= 15 is 0 Å². The number of ether oxygens (including phenoxy) is 1. The number of hydrogen-bond donors (Lipinski definition) is 1. The minimum Gasteiger partial charge on any atom is -0.467 e. The quantitative estimate of drug-likeness (QED) is 0.314. The Balaban J connectivity index is 1.73. The van der Waals surface area contributed by atoms with Crippen molar-refractivity contribution < 1.29 is 4.74 Å². The van der Waals surface area contributed by atoms with Crippen molar-refractivity contribution in [2.45, 2.75) is 19.9 Å². The van der Waals surface area contributed by atoms with Crippen molar-refractivity contribution >= 4 is 28.2 Å². The molecule has 5 aromatic rings. The third-order valence-electron chi connectivity index (χ3n) is 5.95. The normalized spacial score (nSPS) is 11.9. The average molecular weight is 499 g/mol. The molecule has 0 aliphatic rings. The number of nitrogens with one attached hydrogen (secondary N) is 1. The molecule has 1 N–H and O–H groups in total. The van der Waals surface area contributed by atoms with Crippen molar-refractivity contribution in [3.8, 4) is 22.8 Å². The topological polar surface area (TPSA) is 94.8 Å². The van der Waals surface area contributed by atoms with Gasteiger partial charge in [-0.3, -0.25) is 9.36 Å². The van der Waals surface area contributed by atoms with Crippen molar-refractivity contribution in [2.75, 3.05) is 12.4 Å². The lowest BCUT2D eigenvalue weighted by Gasteiger charge is -2.22. The first-order valence-electron chi connectivity index (χ1n) is 11.3. The van der Waals surface area contributed by atoms with E-state index in [-0.39, 0.29) is 22.9 Å². The molecule has 0 aliphatic carbocycles. The molecule has 3 heterocycles. The summed E-state index contributed by atoms with van der Waals surface area (Å²) in [5, 5.41) is 4.94. The van der Waals surface area contributed by atoms with Crippen LogP contribution >= 0.6 is 11.6 Å². The first-order valence-corrected chi connectivity index (χ1v) is 11.7. The zero-order valence-corrected chi connectivity index (χ0v) is 20.7. The SMILES string of the molecule is COc1ncc(-c2cccc3cc(C(C)Nc4nc(Cl)ncc4C)n(-c4ccccc4)c(=O)c23)cn1. The van der Waals surface area contributed by atoms with Gasteiger partial charge in [0, 0.05) is 41.1 Å². The second kappa shape index (κ2) is 9.75. The molecule has 2 aromatic carbocycles. The molecule has 0 saturated carbocycles. The average Bonchev–Trinajstić information content (AvgIpc) is 2.90. The number of para-hydroxylation sites is 1. The number of aromatic nitrogens is 5. The van der Waals surface area contributed by atoms with Crippen LogP contribution in [-0.4, -0.2) is 31.6 Å². The molecule has 0 bridgehead atoms. The monoisotopic (exact) mass is 498 g/mol. The van der Waals surface area contributed by atoms with Crippen LogP contribution in [0.2, 0.25) is 5.28 Å². The van der Waals surface area contributed by atoms with Gasteiger partial charge in [-0.15, -0.1) is 0 Å². The van der Waals surface area contributed by atoms with E-state index in [1.807, 2.05) is 68.4 Å². The molecule has 180 valence electrons. The number of nitrogens with zero attached hydrogens (tertiary/aromatic N) is 5. The van der Waals surface area contributed by atoms with Gasteiger partial charge in [0.1, 0.15) is 5.82 Å². The maximum Gasteiger partial charge on any atom is 0.316 e. The number of halogens is 1. The molecule has 36 heavy (non-hydrogen) atoms. The molecular formula is C27H23ClN6O2. The molecule has 0 amide bonds.